The number of nitrogens with zero attached hydrogens (tertiary/aromatic N) is 2. The molecule has 3 heterocycles. The minimum atomic E-state index is -2.36. The maximum Gasteiger partial charge on any atom is 0.227 e. The number of hydrogen-bond donors (Lipinski definition) is 0. The van der Waals surface area contributed by atoms with Gasteiger partial charge in [0.15, 0.2) is 0 Å². The lowest BCUT2D eigenvalue weighted by molar-refractivity contribution is 0.411. The van der Waals surface area contributed by atoms with Crippen LogP contribution in [0.2, 0.25) is 0 Å². The van der Waals surface area contributed by atoms with E-state index in [4.69, 9.17) is 14.0 Å². The molecule has 0 spiro atoms. The van der Waals surface area contributed by atoms with Crippen molar-refractivity contribution in [1.29, 1.82) is 0 Å². The molecule has 0 saturated carbocycles. The van der Waals surface area contributed by atoms with Crippen molar-refractivity contribution in [2.24, 2.45) is 5.41 Å². The monoisotopic (exact) mass is 427 g/mol. The summed E-state index contributed by atoms with van der Waals surface area (Å²) in [7, 11) is 0. The summed E-state index contributed by atoms with van der Waals surface area (Å²) in [6, 6.07) is 18.5. The minimum absolute atomic E-state index is 0.0504. The summed E-state index contributed by atoms with van der Waals surface area (Å²) in [6.45, 7) is 3.15. The number of furan rings is 1. The topological polar surface area (TPSA) is 38.9 Å². The molecule has 0 saturated heterocycles. The van der Waals surface area contributed by atoms with Gasteiger partial charge in [-0.25, -0.2) is 4.98 Å². The highest BCUT2D eigenvalue weighted by Crippen LogP contribution is 2.34. The number of pyridine rings is 2. The van der Waals surface area contributed by atoms with Crippen LogP contribution in [0, 0.1) is 12.3 Å². The first-order chi connectivity index (χ1) is 18.1. The van der Waals surface area contributed by atoms with Gasteiger partial charge in [0.25, 0.3) is 0 Å². The third kappa shape index (κ3) is 4.16. The molecule has 0 fully saturated rings. The molecule has 0 N–H and O–H groups in total. The number of hydrogen-bond acceptors (Lipinski definition) is 3. The normalized spacial score (nSPS) is 16.5. The molecule has 0 amide bonds. The smallest absolute Gasteiger partial charge is 0.227 e. The predicted molar refractivity (Wildman–Crippen MR) is 132 cm³/mol. The summed E-state index contributed by atoms with van der Waals surface area (Å²) < 4.78 is 63.8. The second-order valence-electron chi connectivity index (χ2n) is 8.84. The Morgan fingerprint density at radius 2 is 1.72 bits per heavy atom. The number of benzene rings is 2. The van der Waals surface area contributed by atoms with Crippen molar-refractivity contribution in [3.05, 3.63) is 95.3 Å². The molecule has 32 heavy (non-hydrogen) atoms. The van der Waals surface area contributed by atoms with Crippen molar-refractivity contribution in [1.82, 2.24) is 9.97 Å². The third-order valence-corrected chi connectivity index (χ3v) is 5.09. The van der Waals surface area contributed by atoms with Crippen LogP contribution in [0.3, 0.4) is 0 Å². The highest BCUT2D eigenvalue weighted by Gasteiger charge is 2.14. The Labute approximate surface area is 199 Å². The Hall–Kier alpha value is -3.46. The quantitative estimate of drug-likeness (QED) is 0.297. The molecule has 0 bridgehead atoms. The zero-order valence-electron chi connectivity index (χ0n) is 25.2. The molecule has 3 heteroatoms. The van der Waals surface area contributed by atoms with Crippen LogP contribution in [0.15, 0.2) is 77.3 Å². The predicted octanol–water partition coefficient (Wildman–Crippen LogP) is 7.53. The van der Waals surface area contributed by atoms with Crippen LogP contribution >= 0.6 is 0 Å². The average Bonchev–Trinajstić information content (AvgIpc) is 3.26. The molecule has 160 valence electrons. The first kappa shape index (κ1) is 13.8. The molecule has 0 radical (unpaired) electrons. The van der Waals surface area contributed by atoms with E-state index in [1.807, 2.05) is 39.0 Å². The van der Waals surface area contributed by atoms with Gasteiger partial charge in [-0.05, 0) is 72.0 Å². The number of aromatic nitrogens is 2. The van der Waals surface area contributed by atoms with Crippen LogP contribution in [0.4, 0.5) is 0 Å². The van der Waals surface area contributed by atoms with Gasteiger partial charge in [0.2, 0.25) is 5.71 Å². The van der Waals surface area contributed by atoms with Crippen molar-refractivity contribution >= 4 is 22.1 Å². The summed E-state index contributed by atoms with van der Waals surface area (Å²) in [4.78, 5) is 8.70. The Kier molecular flexibility index (Phi) is 3.42. The Balaban J connectivity index is 1.55. The first-order valence-electron chi connectivity index (χ1n) is 14.0. The summed E-state index contributed by atoms with van der Waals surface area (Å²) in [6.07, 6.45) is -1.91. The second-order valence-corrected chi connectivity index (χ2v) is 8.84. The van der Waals surface area contributed by atoms with E-state index < -0.39 is 25.0 Å². The van der Waals surface area contributed by atoms with Gasteiger partial charge >= 0.3 is 0 Å². The van der Waals surface area contributed by atoms with Gasteiger partial charge in [-0.3, -0.25) is 4.98 Å². The van der Waals surface area contributed by atoms with E-state index in [0.717, 1.165) is 5.39 Å². The van der Waals surface area contributed by atoms with E-state index in [9.17, 15) is 0 Å². The van der Waals surface area contributed by atoms with Crippen molar-refractivity contribution in [2.45, 2.75) is 40.4 Å². The standard InChI is InChI=1S/C29H28N2O/c1-19-8-13-24-23-6-5-7-25(27(23)32-28(24)31-19)26-17-22(14-15-30-26)16-20-9-11-21(12-10-20)18-29(2,3)4/h5-15,17H,16,18H2,1-4H3/i1D3,16D2,18D2. The zero-order valence-corrected chi connectivity index (χ0v) is 18.2. The highest BCUT2D eigenvalue weighted by molar-refractivity contribution is 6.08. The van der Waals surface area contributed by atoms with Gasteiger partial charge in [0.1, 0.15) is 5.58 Å². The van der Waals surface area contributed by atoms with E-state index in [-0.39, 0.29) is 11.4 Å². The van der Waals surface area contributed by atoms with Gasteiger partial charge in [0.05, 0.1) is 5.69 Å². The fourth-order valence-corrected chi connectivity index (χ4v) is 3.77. The number of para-hydroxylation sites is 1. The van der Waals surface area contributed by atoms with Gasteiger partial charge in [-0.1, -0.05) is 57.2 Å². The Morgan fingerprint density at radius 3 is 2.50 bits per heavy atom. The van der Waals surface area contributed by atoms with Gasteiger partial charge < -0.3 is 4.42 Å². The molecule has 2 aromatic carbocycles. The number of aryl methyl sites for hydroxylation is 1. The lowest BCUT2D eigenvalue weighted by Gasteiger charge is -2.18. The summed E-state index contributed by atoms with van der Waals surface area (Å²) in [5, 5.41) is 1.44. The van der Waals surface area contributed by atoms with Crippen LogP contribution in [-0.2, 0) is 12.7 Å². The molecule has 3 aromatic heterocycles. The summed E-state index contributed by atoms with van der Waals surface area (Å²) in [5.41, 5.74) is 2.45. The van der Waals surface area contributed by atoms with Crippen LogP contribution in [-0.4, -0.2) is 9.97 Å². The van der Waals surface area contributed by atoms with Crippen LogP contribution in [0.1, 0.15) is 52.8 Å². The molecule has 3 nitrogen and oxygen atoms in total. The van der Waals surface area contributed by atoms with Crippen molar-refractivity contribution in [2.75, 3.05) is 0 Å². The molecule has 0 aliphatic carbocycles. The SMILES string of the molecule is [2H]C([2H])([2H])c1ccc2c(n1)oc1c(-c3cc(C([2H])([2H])c4ccc(C([2H])([2H])C(C)(C)C)cc4)ccn3)cccc12. The van der Waals surface area contributed by atoms with Crippen LogP contribution in [0.25, 0.3) is 33.3 Å². The number of fused-ring (bicyclic) bond motifs is 3. The maximum absolute atomic E-state index is 8.91. The number of rotatable bonds is 4. The fourth-order valence-electron chi connectivity index (χ4n) is 3.77. The maximum atomic E-state index is 8.91. The third-order valence-electron chi connectivity index (χ3n) is 5.09. The van der Waals surface area contributed by atoms with Gasteiger partial charge in [0, 0.05) is 37.8 Å². The first-order valence-corrected chi connectivity index (χ1v) is 10.5. The van der Waals surface area contributed by atoms with Crippen molar-refractivity contribution in [3.63, 3.8) is 0 Å². The molecule has 0 unspecified atom stereocenters. The molecule has 5 aromatic rings. The second kappa shape index (κ2) is 7.90. The minimum Gasteiger partial charge on any atom is -0.437 e. The van der Waals surface area contributed by atoms with Gasteiger partial charge in [-0.15, -0.1) is 0 Å². The molecule has 0 aliphatic rings. The van der Waals surface area contributed by atoms with E-state index in [1.165, 1.54) is 6.07 Å². The van der Waals surface area contributed by atoms with Crippen molar-refractivity contribution in [3.8, 4) is 11.3 Å². The van der Waals surface area contributed by atoms with Gasteiger partial charge in [-0.2, -0.15) is 0 Å². The lowest BCUT2D eigenvalue weighted by atomic mass is 9.88. The average molecular weight is 428 g/mol. The Bertz CT molecular complexity index is 1680. The molecule has 5 rings (SSSR count). The van der Waals surface area contributed by atoms with Crippen LogP contribution in [0.5, 0.6) is 0 Å². The van der Waals surface area contributed by atoms with E-state index >= 15 is 0 Å². The highest BCUT2D eigenvalue weighted by atomic mass is 16.3. The van der Waals surface area contributed by atoms with Crippen LogP contribution < -0.4 is 0 Å². The summed E-state index contributed by atoms with van der Waals surface area (Å²) in [5.74, 6) is 0. The molecular weight excluding hydrogens is 392 g/mol. The van der Waals surface area contributed by atoms with Crippen molar-refractivity contribution < 1.29 is 14.0 Å². The summed E-state index contributed by atoms with van der Waals surface area (Å²) >= 11 is 0. The lowest BCUT2D eigenvalue weighted by Crippen LogP contribution is -2.08. The van der Waals surface area contributed by atoms with E-state index in [1.54, 1.807) is 48.7 Å². The Morgan fingerprint density at radius 1 is 0.906 bits per heavy atom. The molecular formula is C29H28N2O. The van der Waals surface area contributed by atoms with E-state index in [2.05, 4.69) is 9.97 Å². The fraction of sp³-hybridized carbons (Fsp3) is 0.241. The molecule has 0 aliphatic heterocycles. The largest absolute Gasteiger partial charge is 0.437 e. The molecule has 0 atom stereocenters. The van der Waals surface area contributed by atoms with E-state index in [0.29, 0.717) is 38.9 Å². The zero-order chi connectivity index (χ0) is 28.4.